The molecule has 0 amide bonds. The Balaban J connectivity index is 1.97. The van der Waals surface area contributed by atoms with Gasteiger partial charge in [-0.1, -0.05) is 0 Å². The summed E-state index contributed by atoms with van der Waals surface area (Å²) in [4.78, 5) is 0. The van der Waals surface area contributed by atoms with Crippen molar-refractivity contribution in [2.45, 2.75) is 4.37 Å². The van der Waals surface area contributed by atoms with Gasteiger partial charge in [-0.15, -0.1) is 0 Å². The Kier molecular flexibility index (Phi) is 4.45. The van der Waals surface area contributed by atoms with E-state index in [4.69, 9.17) is 0 Å². The van der Waals surface area contributed by atoms with Crippen molar-refractivity contribution in [2.75, 3.05) is 6.67 Å². The quantitative estimate of drug-likeness (QED) is 0.487. The monoisotopic (exact) mass is 170 g/mol. The summed E-state index contributed by atoms with van der Waals surface area (Å²) in [6.45, 7) is -0.123. The Morgan fingerprint density at radius 1 is 1.75 bits per heavy atom. The molecular formula is C2H6FSb. The summed E-state index contributed by atoms with van der Waals surface area (Å²) in [6.07, 6.45) is 0. The summed E-state index contributed by atoms with van der Waals surface area (Å²) in [5, 5.41) is 0. The molecule has 0 nitrogen and oxygen atoms in total. The molecule has 0 bridgehead atoms. The fourth-order valence-corrected chi connectivity index (χ4v) is 0. The van der Waals surface area contributed by atoms with Gasteiger partial charge in [0, 0.05) is 0 Å². The molecule has 0 aromatic rings. The first-order chi connectivity index (χ1) is 1.91. The van der Waals surface area contributed by atoms with Crippen molar-refractivity contribution in [3.8, 4) is 0 Å². The van der Waals surface area contributed by atoms with Crippen LogP contribution in [-0.2, 0) is 0 Å². The minimum atomic E-state index is -0.123. The number of alkyl halides is 1. The molecule has 0 aliphatic rings. The van der Waals surface area contributed by atoms with Gasteiger partial charge in [0.2, 0.25) is 0 Å². The zero-order chi connectivity index (χ0) is 3.41. The van der Waals surface area contributed by atoms with E-state index in [-0.39, 0.29) is 6.67 Å². The Bertz CT molecular complexity index is 8.00. The van der Waals surface area contributed by atoms with Gasteiger partial charge in [-0.05, 0) is 0 Å². The van der Waals surface area contributed by atoms with E-state index in [1.54, 1.807) is 0 Å². The minimum absolute atomic E-state index is 0.123. The molecule has 0 rings (SSSR count). The molecule has 4 heavy (non-hydrogen) atoms. The van der Waals surface area contributed by atoms with Crippen LogP contribution in [0.1, 0.15) is 0 Å². The number of halogens is 1. The standard InChI is InChI=1S/C2H4F.Sb.2H/c1-2-3;;;/h1-2H2;;;. The second kappa shape index (κ2) is 3.75. The summed E-state index contributed by atoms with van der Waals surface area (Å²) in [6, 6.07) is 0. The van der Waals surface area contributed by atoms with Crippen LogP contribution in [0, 0.1) is 0 Å². The van der Waals surface area contributed by atoms with Crippen molar-refractivity contribution in [1.29, 1.82) is 0 Å². The van der Waals surface area contributed by atoms with Gasteiger partial charge < -0.3 is 0 Å². The van der Waals surface area contributed by atoms with Crippen molar-refractivity contribution in [2.24, 2.45) is 0 Å². The van der Waals surface area contributed by atoms with Gasteiger partial charge >= 0.3 is 38.5 Å². The van der Waals surface area contributed by atoms with Crippen LogP contribution in [0.15, 0.2) is 0 Å². The Labute approximate surface area is 38.9 Å². The van der Waals surface area contributed by atoms with E-state index in [9.17, 15) is 4.39 Å². The molecule has 0 aliphatic carbocycles. The van der Waals surface area contributed by atoms with E-state index in [1.165, 1.54) is 0 Å². The average Bonchev–Trinajstić information content (AvgIpc) is 1.37. The van der Waals surface area contributed by atoms with Gasteiger partial charge in [0.25, 0.3) is 0 Å². The number of hydrogen-bond acceptors (Lipinski definition) is 0. The van der Waals surface area contributed by atoms with Crippen LogP contribution in [0.25, 0.3) is 0 Å². The summed E-state index contributed by atoms with van der Waals surface area (Å²) in [5.74, 6) is 0. The van der Waals surface area contributed by atoms with Crippen LogP contribution in [0.3, 0.4) is 0 Å². The van der Waals surface area contributed by atoms with Gasteiger partial charge in [0.1, 0.15) is 0 Å². The van der Waals surface area contributed by atoms with E-state index >= 15 is 0 Å². The van der Waals surface area contributed by atoms with Crippen molar-refractivity contribution in [1.82, 2.24) is 0 Å². The van der Waals surface area contributed by atoms with Crippen molar-refractivity contribution in [3.05, 3.63) is 0 Å². The van der Waals surface area contributed by atoms with Gasteiger partial charge in [-0.3, -0.25) is 0 Å². The maximum absolute atomic E-state index is 10.8. The summed E-state index contributed by atoms with van der Waals surface area (Å²) < 4.78 is 11.5. The van der Waals surface area contributed by atoms with Crippen molar-refractivity contribution >= 4 is 23.0 Å². The Morgan fingerprint density at radius 3 is 2.00 bits per heavy atom. The molecule has 0 aromatic heterocycles. The van der Waals surface area contributed by atoms with Crippen LogP contribution in [0.2, 0.25) is 4.37 Å². The average molecular weight is 171 g/mol. The van der Waals surface area contributed by atoms with E-state index < -0.39 is 0 Å². The Hall–Kier alpha value is 0.748. The number of rotatable bonds is 1. The van der Waals surface area contributed by atoms with Gasteiger partial charge in [-0.2, -0.15) is 0 Å². The van der Waals surface area contributed by atoms with E-state index in [0.717, 1.165) is 27.4 Å². The maximum atomic E-state index is 10.8. The molecule has 0 unspecified atom stereocenters. The first kappa shape index (κ1) is 4.75. The zero-order valence-corrected chi connectivity index (χ0v) is 5.67. The molecule has 0 heterocycles. The molecule has 26 valence electrons. The molecule has 0 radical (unpaired) electrons. The fraction of sp³-hybridized carbons (Fsp3) is 1.00. The van der Waals surface area contributed by atoms with Crippen molar-refractivity contribution < 1.29 is 4.39 Å². The van der Waals surface area contributed by atoms with Crippen LogP contribution in [-0.4, -0.2) is 29.7 Å². The second-order valence-corrected chi connectivity index (χ2v) is 2.13. The SMILES string of the molecule is FC[CH2][SbH2]. The third-order valence-electron chi connectivity index (χ3n) is 0.109. The van der Waals surface area contributed by atoms with E-state index in [2.05, 4.69) is 0 Å². The van der Waals surface area contributed by atoms with Crippen LogP contribution in [0.5, 0.6) is 0 Å². The first-order valence-corrected chi connectivity index (χ1v) is 3.51. The number of hydrogen-bond donors (Lipinski definition) is 0. The predicted octanol–water partition coefficient (Wildman–Crippen LogP) is 0.00730. The van der Waals surface area contributed by atoms with Gasteiger partial charge in [0.15, 0.2) is 0 Å². The molecular weight excluding hydrogens is 165 g/mol. The third-order valence-corrected chi connectivity index (χ3v) is 0.732. The van der Waals surface area contributed by atoms with E-state index in [0.29, 0.717) is 0 Å². The molecule has 2 heteroatoms. The van der Waals surface area contributed by atoms with Crippen LogP contribution in [0.4, 0.5) is 4.39 Å². The molecule has 0 aliphatic heterocycles. The molecule has 0 spiro atoms. The summed E-state index contributed by atoms with van der Waals surface area (Å²) in [7, 11) is 0. The second-order valence-electron chi connectivity index (χ2n) is 0.478. The van der Waals surface area contributed by atoms with E-state index in [1.807, 2.05) is 0 Å². The molecule has 0 saturated carbocycles. The van der Waals surface area contributed by atoms with Gasteiger partial charge in [-0.25, -0.2) is 0 Å². The fourth-order valence-electron chi connectivity index (χ4n) is 0. The third kappa shape index (κ3) is 2.75. The first-order valence-electron chi connectivity index (χ1n) is 1.18. The molecule has 0 fully saturated rings. The zero-order valence-electron chi connectivity index (χ0n) is 2.37. The summed E-state index contributed by atoms with van der Waals surface area (Å²) >= 11 is 1.07. The topological polar surface area (TPSA) is 0 Å². The summed E-state index contributed by atoms with van der Waals surface area (Å²) in [5.41, 5.74) is 0. The predicted molar refractivity (Wildman–Crippen MR) is 19.3 cm³/mol. The molecule has 0 saturated heterocycles. The van der Waals surface area contributed by atoms with Crippen LogP contribution >= 0.6 is 0 Å². The molecule has 0 N–H and O–H groups in total. The molecule has 0 atom stereocenters. The van der Waals surface area contributed by atoms with Gasteiger partial charge in [0.05, 0.1) is 0 Å². The van der Waals surface area contributed by atoms with Crippen LogP contribution < -0.4 is 0 Å². The normalized spacial score (nSPS) is 7.50. The molecule has 0 aromatic carbocycles. The Morgan fingerprint density at radius 2 is 2.00 bits per heavy atom. The van der Waals surface area contributed by atoms with Crippen molar-refractivity contribution in [3.63, 3.8) is 0 Å².